The van der Waals surface area contributed by atoms with Gasteiger partial charge in [0.2, 0.25) is 5.95 Å². The van der Waals surface area contributed by atoms with Crippen molar-refractivity contribution in [1.29, 1.82) is 0 Å². The molecule has 0 amide bonds. The average molecular weight is 271 g/mol. The topological polar surface area (TPSA) is 95.3 Å². The number of carboxylic acid groups (broad SMARTS) is 1. The molecule has 0 saturated carbocycles. The number of aromatic carboxylic acids is 1. The number of thioether (sulfide) groups is 1. The summed E-state index contributed by atoms with van der Waals surface area (Å²) in [6.45, 7) is 3.64. The van der Waals surface area contributed by atoms with Crippen LogP contribution in [0.15, 0.2) is 6.07 Å². The summed E-state index contributed by atoms with van der Waals surface area (Å²) in [6, 6.07) is 1.35. The zero-order valence-corrected chi connectivity index (χ0v) is 11.4. The van der Waals surface area contributed by atoms with Gasteiger partial charge in [0.1, 0.15) is 0 Å². The molecule has 0 aliphatic carbocycles. The molecule has 1 heterocycles. The molecule has 0 bridgehead atoms. The van der Waals surface area contributed by atoms with E-state index >= 15 is 0 Å². The molecule has 100 valence electrons. The van der Waals surface area contributed by atoms with Crippen LogP contribution in [0.25, 0.3) is 0 Å². The van der Waals surface area contributed by atoms with E-state index in [1.54, 1.807) is 6.92 Å². The van der Waals surface area contributed by atoms with Crippen molar-refractivity contribution in [2.45, 2.75) is 25.1 Å². The molecule has 1 aromatic heterocycles. The van der Waals surface area contributed by atoms with Gasteiger partial charge in [-0.25, -0.2) is 14.8 Å². The van der Waals surface area contributed by atoms with Crippen molar-refractivity contribution in [2.75, 3.05) is 18.2 Å². The monoisotopic (exact) mass is 271 g/mol. The molecule has 0 saturated heterocycles. The van der Waals surface area contributed by atoms with Gasteiger partial charge < -0.3 is 15.5 Å². The molecule has 1 aromatic rings. The quantitative estimate of drug-likeness (QED) is 0.710. The number of aromatic nitrogens is 2. The van der Waals surface area contributed by atoms with Gasteiger partial charge in [-0.15, -0.1) is 0 Å². The van der Waals surface area contributed by atoms with Gasteiger partial charge in [0.25, 0.3) is 0 Å². The Labute approximate surface area is 110 Å². The van der Waals surface area contributed by atoms with Crippen molar-refractivity contribution in [3.63, 3.8) is 0 Å². The zero-order chi connectivity index (χ0) is 13.7. The molecule has 18 heavy (non-hydrogen) atoms. The predicted octanol–water partition coefficient (Wildman–Crippen LogP) is 1.01. The number of nitrogens with zero attached hydrogens (tertiary/aromatic N) is 2. The van der Waals surface area contributed by atoms with Crippen LogP contribution in [-0.2, 0) is 0 Å². The Morgan fingerprint density at radius 2 is 2.22 bits per heavy atom. The molecule has 7 heteroatoms. The Bertz CT molecular complexity index is 424. The Balaban J connectivity index is 2.87. The van der Waals surface area contributed by atoms with Gasteiger partial charge >= 0.3 is 5.97 Å². The van der Waals surface area contributed by atoms with Gasteiger partial charge in [0, 0.05) is 17.0 Å². The van der Waals surface area contributed by atoms with E-state index in [1.807, 2.05) is 13.2 Å². The lowest BCUT2D eigenvalue weighted by atomic mass is 10.2. The van der Waals surface area contributed by atoms with E-state index in [9.17, 15) is 9.90 Å². The molecule has 2 atom stereocenters. The molecule has 1 rings (SSSR count). The van der Waals surface area contributed by atoms with Crippen molar-refractivity contribution in [3.8, 4) is 0 Å². The summed E-state index contributed by atoms with van der Waals surface area (Å²) in [6.07, 6.45) is 1.90. The van der Waals surface area contributed by atoms with Crippen LogP contribution >= 0.6 is 11.8 Å². The number of nitrogens with one attached hydrogen (secondary N) is 1. The minimum Gasteiger partial charge on any atom is -0.477 e. The van der Waals surface area contributed by atoms with E-state index in [2.05, 4.69) is 15.3 Å². The SMILES string of the molecule is CSC(CO)C(C)Nc1nc(C)cc(C(=O)O)n1. The Kier molecular flexibility index (Phi) is 5.36. The molecule has 2 unspecified atom stereocenters. The summed E-state index contributed by atoms with van der Waals surface area (Å²) in [5, 5.41) is 21.1. The van der Waals surface area contributed by atoms with E-state index in [-0.39, 0.29) is 29.5 Å². The molecule has 6 nitrogen and oxygen atoms in total. The van der Waals surface area contributed by atoms with Crippen molar-refractivity contribution in [1.82, 2.24) is 9.97 Å². The van der Waals surface area contributed by atoms with Gasteiger partial charge in [-0.1, -0.05) is 0 Å². The minimum atomic E-state index is -1.08. The molecule has 3 N–H and O–H groups in total. The van der Waals surface area contributed by atoms with Crippen molar-refractivity contribution >= 4 is 23.7 Å². The third kappa shape index (κ3) is 3.85. The molecular weight excluding hydrogens is 254 g/mol. The summed E-state index contributed by atoms with van der Waals surface area (Å²) >= 11 is 1.53. The number of rotatable bonds is 6. The Hall–Kier alpha value is -1.34. The maximum atomic E-state index is 10.9. The molecule has 0 aliphatic heterocycles. The van der Waals surface area contributed by atoms with E-state index < -0.39 is 5.97 Å². The smallest absolute Gasteiger partial charge is 0.354 e. The van der Waals surface area contributed by atoms with Crippen molar-refractivity contribution in [3.05, 3.63) is 17.5 Å². The van der Waals surface area contributed by atoms with Gasteiger partial charge in [0.15, 0.2) is 5.69 Å². The first kappa shape index (κ1) is 14.7. The third-order valence-electron chi connectivity index (χ3n) is 2.47. The van der Waals surface area contributed by atoms with Crippen LogP contribution in [0.5, 0.6) is 0 Å². The molecule has 0 radical (unpaired) electrons. The number of anilines is 1. The lowest BCUT2D eigenvalue weighted by Gasteiger charge is -2.21. The number of aliphatic hydroxyl groups is 1. The predicted molar refractivity (Wildman–Crippen MR) is 71.2 cm³/mol. The first-order valence-electron chi connectivity index (χ1n) is 5.47. The fourth-order valence-electron chi connectivity index (χ4n) is 1.48. The second kappa shape index (κ2) is 6.55. The highest BCUT2D eigenvalue weighted by Gasteiger charge is 2.17. The average Bonchev–Trinajstić information content (AvgIpc) is 2.29. The minimum absolute atomic E-state index is 0.00221. The largest absolute Gasteiger partial charge is 0.477 e. The van der Waals surface area contributed by atoms with Gasteiger partial charge in [-0.2, -0.15) is 11.8 Å². The van der Waals surface area contributed by atoms with Gasteiger partial charge in [-0.05, 0) is 26.2 Å². The Morgan fingerprint density at radius 1 is 1.56 bits per heavy atom. The Morgan fingerprint density at radius 3 is 2.72 bits per heavy atom. The van der Waals surface area contributed by atoms with Gasteiger partial charge in [0.05, 0.1) is 6.61 Å². The highest BCUT2D eigenvalue weighted by atomic mass is 32.2. The van der Waals surface area contributed by atoms with Crippen molar-refractivity contribution in [2.24, 2.45) is 0 Å². The van der Waals surface area contributed by atoms with Crippen LogP contribution < -0.4 is 5.32 Å². The standard InChI is InChI=1S/C11H17N3O3S/c1-6-4-8(10(16)17)14-11(12-6)13-7(2)9(5-15)18-3/h4,7,9,15H,5H2,1-3H3,(H,16,17)(H,12,13,14). The summed E-state index contributed by atoms with van der Waals surface area (Å²) in [7, 11) is 0. The van der Waals surface area contributed by atoms with Crippen LogP contribution in [-0.4, -0.2) is 50.3 Å². The van der Waals surface area contributed by atoms with Crippen LogP contribution in [0.2, 0.25) is 0 Å². The second-order valence-corrected chi connectivity index (χ2v) is 4.99. The van der Waals surface area contributed by atoms with E-state index in [0.29, 0.717) is 5.69 Å². The summed E-state index contributed by atoms with van der Waals surface area (Å²) in [4.78, 5) is 18.9. The van der Waals surface area contributed by atoms with E-state index in [4.69, 9.17) is 5.11 Å². The first-order chi connectivity index (χ1) is 8.47. The van der Waals surface area contributed by atoms with Crippen LogP contribution in [0, 0.1) is 6.92 Å². The molecule has 0 fully saturated rings. The van der Waals surface area contributed by atoms with E-state index in [1.165, 1.54) is 17.8 Å². The van der Waals surface area contributed by atoms with Gasteiger partial charge in [-0.3, -0.25) is 0 Å². The van der Waals surface area contributed by atoms with Crippen LogP contribution in [0.3, 0.4) is 0 Å². The summed E-state index contributed by atoms with van der Waals surface area (Å²) < 4.78 is 0. The highest BCUT2D eigenvalue weighted by Crippen LogP contribution is 2.14. The second-order valence-electron chi connectivity index (χ2n) is 3.91. The summed E-state index contributed by atoms with van der Waals surface area (Å²) in [5.74, 6) is -0.813. The lowest BCUT2D eigenvalue weighted by molar-refractivity contribution is 0.0690. The molecule has 0 aromatic carbocycles. The zero-order valence-electron chi connectivity index (χ0n) is 10.5. The lowest BCUT2D eigenvalue weighted by Crippen LogP contribution is -2.32. The number of aryl methyl sites for hydroxylation is 1. The highest BCUT2D eigenvalue weighted by molar-refractivity contribution is 7.99. The maximum Gasteiger partial charge on any atom is 0.354 e. The summed E-state index contributed by atoms with van der Waals surface area (Å²) in [5.41, 5.74) is 0.545. The normalized spacial score (nSPS) is 14.0. The van der Waals surface area contributed by atoms with Crippen LogP contribution in [0.4, 0.5) is 5.95 Å². The maximum absolute atomic E-state index is 10.9. The first-order valence-corrected chi connectivity index (χ1v) is 6.76. The number of carbonyl (C=O) groups is 1. The number of aliphatic hydroxyl groups excluding tert-OH is 1. The molecular formula is C11H17N3O3S. The number of hydrogen-bond donors (Lipinski definition) is 3. The number of hydrogen-bond acceptors (Lipinski definition) is 6. The molecule has 0 spiro atoms. The van der Waals surface area contributed by atoms with Crippen molar-refractivity contribution < 1.29 is 15.0 Å². The fraction of sp³-hybridized carbons (Fsp3) is 0.545. The van der Waals surface area contributed by atoms with E-state index in [0.717, 1.165) is 0 Å². The van der Waals surface area contributed by atoms with Crippen LogP contribution in [0.1, 0.15) is 23.1 Å². The number of carboxylic acids is 1. The third-order valence-corrected chi connectivity index (χ3v) is 3.63. The molecule has 0 aliphatic rings. The fourth-order valence-corrected chi connectivity index (χ4v) is 2.10.